The van der Waals surface area contributed by atoms with E-state index in [9.17, 15) is 18.4 Å². The van der Waals surface area contributed by atoms with Gasteiger partial charge in [0, 0.05) is 24.6 Å². The fourth-order valence-electron chi connectivity index (χ4n) is 2.97. The topological polar surface area (TPSA) is 97.5 Å². The highest BCUT2D eigenvalue weighted by Gasteiger charge is 2.36. The van der Waals surface area contributed by atoms with E-state index in [2.05, 4.69) is 10.3 Å². The van der Waals surface area contributed by atoms with Crippen molar-refractivity contribution in [2.24, 2.45) is 5.73 Å². The van der Waals surface area contributed by atoms with E-state index in [1.165, 1.54) is 6.07 Å². The summed E-state index contributed by atoms with van der Waals surface area (Å²) in [6, 6.07) is 2.91. The summed E-state index contributed by atoms with van der Waals surface area (Å²) in [5.74, 6) is -2.77. The average molecular weight is 396 g/mol. The number of aromatic nitrogens is 1. The molecule has 1 fully saturated rings. The number of benzene rings is 1. The van der Waals surface area contributed by atoms with Crippen LogP contribution in [-0.2, 0) is 14.3 Å². The van der Waals surface area contributed by atoms with Crippen molar-refractivity contribution in [1.29, 1.82) is 0 Å². The largest absolute Gasteiger partial charge is 0.380 e. The predicted octanol–water partition coefficient (Wildman–Crippen LogP) is 1.60. The molecule has 7 nitrogen and oxygen atoms in total. The minimum Gasteiger partial charge on any atom is -0.380 e. The van der Waals surface area contributed by atoms with Gasteiger partial charge in [0.1, 0.15) is 0 Å². The molecule has 3 rings (SSSR count). The highest BCUT2D eigenvalue weighted by molar-refractivity contribution is 7.14. The number of thiazole rings is 1. The fraction of sp³-hybridized carbons (Fsp3) is 0.353. The van der Waals surface area contributed by atoms with Gasteiger partial charge in [-0.25, -0.2) is 13.8 Å². The smallest absolute Gasteiger partial charge is 0.240 e. The van der Waals surface area contributed by atoms with Gasteiger partial charge in [0.05, 0.1) is 24.4 Å². The number of amides is 2. The number of anilines is 1. The summed E-state index contributed by atoms with van der Waals surface area (Å²) in [4.78, 5) is 29.7. The van der Waals surface area contributed by atoms with Gasteiger partial charge in [-0.15, -0.1) is 11.3 Å². The number of hydrogen-bond acceptors (Lipinski definition) is 6. The van der Waals surface area contributed by atoms with Crippen molar-refractivity contribution in [2.75, 3.05) is 25.5 Å². The Balaban J connectivity index is 1.64. The summed E-state index contributed by atoms with van der Waals surface area (Å²) < 4.78 is 31.6. The minimum atomic E-state index is -0.967. The van der Waals surface area contributed by atoms with Crippen LogP contribution in [0.25, 0.3) is 11.3 Å². The van der Waals surface area contributed by atoms with E-state index in [0.29, 0.717) is 29.4 Å². The Kier molecular flexibility index (Phi) is 5.78. The average Bonchev–Trinajstić information content (AvgIpc) is 3.24. The summed E-state index contributed by atoms with van der Waals surface area (Å²) in [5.41, 5.74) is 6.21. The highest BCUT2D eigenvalue weighted by atomic mass is 32.1. The second-order valence-corrected chi connectivity index (χ2v) is 7.01. The summed E-state index contributed by atoms with van der Waals surface area (Å²) >= 11 is 1.16. The molecule has 0 bridgehead atoms. The van der Waals surface area contributed by atoms with Crippen molar-refractivity contribution in [1.82, 2.24) is 9.88 Å². The zero-order valence-corrected chi connectivity index (χ0v) is 15.3. The number of nitrogens with zero attached hydrogens (tertiary/aromatic N) is 2. The van der Waals surface area contributed by atoms with Crippen LogP contribution in [0.1, 0.15) is 6.42 Å². The quantitative estimate of drug-likeness (QED) is 0.773. The standard InChI is InChI=1S/C17H18F2N4O3S/c1-26-10-5-14(16(20)25)23(6-10)7-15(24)22-17-21-13(8-27-17)9-2-3-11(18)12(19)4-9/h2-4,8,10,14H,5-7H2,1H3,(H2,20,25)(H,21,22,24)/t10-,14-/m0/s1. The Hall–Kier alpha value is -2.43. The molecule has 0 radical (unpaired) electrons. The van der Waals surface area contributed by atoms with Gasteiger partial charge < -0.3 is 15.8 Å². The van der Waals surface area contributed by atoms with Gasteiger partial charge in [-0.2, -0.15) is 0 Å². The number of ether oxygens (including phenoxy) is 1. The molecule has 1 saturated heterocycles. The number of nitrogens with two attached hydrogens (primary N) is 1. The molecule has 1 aliphatic heterocycles. The van der Waals surface area contributed by atoms with Crippen molar-refractivity contribution in [3.8, 4) is 11.3 Å². The van der Waals surface area contributed by atoms with Crippen LogP contribution < -0.4 is 11.1 Å². The first-order valence-electron chi connectivity index (χ1n) is 8.14. The lowest BCUT2D eigenvalue weighted by atomic mass is 10.2. The number of methoxy groups -OCH3 is 1. The molecule has 2 amide bonds. The third-order valence-electron chi connectivity index (χ3n) is 4.34. The molecule has 27 heavy (non-hydrogen) atoms. The van der Waals surface area contributed by atoms with Crippen molar-refractivity contribution in [3.05, 3.63) is 35.2 Å². The molecule has 10 heteroatoms. The first-order valence-corrected chi connectivity index (χ1v) is 9.02. The van der Waals surface area contributed by atoms with Crippen LogP contribution in [-0.4, -0.2) is 54.0 Å². The third kappa shape index (κ3) is 4.46. The maximum absolute atomic E-state index is 13.3. The lowest BCUT2D eigenvalue weighted by Crippen LogP contribution is -2.43. The highest BCUT2D eigenvalue weighted by Crippen LogP contribution is 2.26. The van der Waals surface area contributed by atoms with Crippen LogP contribution in [0, 0.1) is 11.6 Å². The van der Waals surface area contributed by atoms with Crippen molar-refractivity contribution >= 4 is 28.3 Å². The van der Waals surface area contributed by atoms with Crippen molar-refractivity contribution in [3.63, 3.8) is 0 Å². The molecule has 2 heterocycles. The van der Waals surface area contributed by atoms with Crippen LogP contribution in [0.5, 0.6) is 0 Å². The Morgan fingerprint density at radius 2 is 2.19 bits per heavy atom. The van der Waals surface area contributed by atoms with Gasteiger partial charge in [0.2, 0.25) is 11.8 Å². The summed E-state index contributed by atoms with van der Waals surface area (Å²) in [6.07, 6.45) is 0.284. The van der Waals surface area contributed by atoms with E-state index < -0.39 is 23.6 Å². The molecule has 0 aliphatic carbocycles. The van der Waals surface area contributed by atoms with E-state index in [0.717, 1.165) is 23.5 Å². The number of nitrogens with one attached hydrogen (secondary N) is 1. The molecular weight excluding hydrogens is 378 g/mol. The number of halogens is 2. The van der Waals surface area contributed by atoms with Gasteiger partial charge in [-0.05, 0) is 24.6 Å². The Morgan fingerprint density at radius 3 is 2.85 bits per heavy atom. The van der Waals surface area contributed by atoms with E-state index in [4.69, 9.17) is 10.5 Å². The summed E-state index contributed by atoms with van der Waals surface area (Å²) in [5, 5.41) is 4.59. The first kappa shape index (κ1) is 19.3. The maximum Gasteiger partial charge on any atom is 0.240 e. The van der Waals surface area contributed by atoms with Crippen LogP contribution in [0.2, 0.25) is 0 Å². The molecule has 3 N–H and O–H groups in total. The molecule has 0 spiro atoms. The molecule has 2 aromatic rings. The zero-order valence-electron chi connectivity index (χ0n) is 14.4. The summed E-state index contributed by atoms with van der Waals surface area (Å²) in [6.45, 7) is 0.392. The molecule has 0 unspecified atom stereocenters. The molecule has 0 saturated carbocycles. The maximum atomic E-state index is 13.3. The number of hydrogen-bond donors (Lipinski definition) is 2. The first-order chi connectivity index (χ1) is 12.9. The number of primary amides is 1. The van der Waals surface area contributed by atoms with Crippen molar-refractivity contribution < 1.29 is 23.1 Å². The number of carbonyl (C=O) groups is 2. The number of carbonyl (C=O) groups excluding carboxylic acids is 2. The van der Waals surface area contributed by atoms with Crippen LogP contribution in [0.4, 0.5) is 13.9 Å². The Labute approximate surface area is 158 Å². The molecule has 1 aromatic carbocycles. The van der Waals surface area contributed by atoms with Crippen LogP contribution in [0.15, 0.2) is 23.6 Å². The number of likely N-dealkylation sites (tertiary alicyclic amines) is 1. The van der Waals surface area contributed by atoms with Gasteiger partial charge in [0.25, 0.3) is 0 Å². The van der Waals surface area contributed by atoms with Gasteiger partial charge in [-0.1, -0.05) is 0 Å². The summed E-state index contributed by atoms with van der Waals surface area (Å²) in [7, 11) is 1.54. The predicted molar refractivity (Wildman–Crippen MR) is 96.1 cm³/mol. The molecule has 1 aromatic heterocycles. The minimum absolute atomic E-state index is 0.0342. The monoisotopic (exact) mass is 396 g/mol. The van der Waals surface area contributed by atoms with Crippen LogP contribution in [0.3, 0.4) is 0 Å². The van der Waals surface area contributed by atoms with E-state index in [-0.39, 0.29) is 18.6 Å². The molecule has 144 valence electrons. The lowest BCUT2D eigenvalue weighted by Gasteiger charge is -2.20. The lowest BCUT2D eigenvalue weighted by molar-refractivity contribution is -0.123. The van der Waals surface area contributed by atoms with E-state index in [1.54, 1.807) is 17.4 Å². The van der Waals surface area contributed by atoms with Gasteiger partial charge in [0.15, 0.2) is 16.8 Å². The SMILES string of the molecule is CO[C@H]1C[C@@H](C(N)=O)N(CC(=O)Nc2nc(-c3ccc(F)c(F)c3)cs2)C1. The normalized spacial score (nSPS) is 20.0. The molecule has 1 aliphatic rings. The molecular formula is C17H18F2N4O3S. The van der Waals surface area contributed by atoms with Gasteiger partial charge in [-0.3, -0.25) is 14.5 Å². The fourth-order valence-corrected chi connectivity index (χ4v) is 3.70. The number of rotatable bonds is 6. The Morgan fingerprint density at radius 1 is 1.41 bits per heavy atom. The van der Waals surface area contributed by atoms with Gasteiger partial charge >= 0.3 is 0 Å². The zero-order chi connectivity index (χ0) is 19.6. The van der Waals surface area contributed by atoms with E-state index >= 15 is 0 Å². The second kappa shape index (κ2) is 8.07. The molecule has 2 atom stereocenters. The van der Waals surface area contributed by atoms with E-state index in [1.807, 2.05) is 0 Å². The Bertz CT molecular complexity index is 860. The van der Waals surface area contributed by atoms with Crippen LogP contribution >= 0.6 is 11.3 Å². The third-order valence-corrected chi connectivity index (χ3v) is 5.10. The second-order valence-electron chi connectivity index (χ2n) is 6.16. The van der Waals surface area contributed by atoms with Crippen molar-refractivity contribution in [2.45, 2.75) is 18.6 Å².